The lowest BCUT2D eigenvalue weighted by molar-refractivity contribution is 0.162. The summed E-state index contributed by atoms with van der Waals surface area (Å²) in [6.45, 7) is 15.5. The lowest BCUT2D eigenvalue weighted by Crippen LogP contribution is -2.33. The van der Waals surface area contributed by atoms with E-state index in [0.717, 1.165) is 0 Å². The van der Waals surface area contributed by atoms with Gasteiger partial charge in [0.15, 0.2) is 0 Å². The predicted octanol–water partition coefficient (Wildman–Crippen LogP) is 6.17. The van der Waals surface area contributed by atoms with Crippen molar-refractivity contribution in [2.24, 2.45) is 0 Å². The van der Waals surface area contributed by atoms with Crippen molar-refractivity contribution in [1.29, 1.82) is 5.26 Å². The molecule has 0 aliphatic heterocycles. The molecule has 1 rings (SSSR count). The van der Waals surface area contributed by atoms with Crippen molar-refractivity contribution in [2.45, 2.75) is 65.4 Å². The molecule has 1 aromatic carbocycles. The molecule has 0 radical (unpaired) electrons. The average molecular weight is 421 g/mol. The van der Waals surface area contributed by atoms with E-state index in [2.05, 4.69) is 47.6 Å². The van der Waals surface area contributed by atoms with Gasteiger partial charge in [-0.05, 0) is 60.6 Å². The van der Waals surface area contributed by atoms with Crippen molar-refractivity contribution in [3.63, 3.8) is 0 Å². The molecule has 28 heavy (non-hydrogen) atoms. The zero-order valence-electron chi connectivity index (χ0n) is 18.1. The van der Waals surface area contributed by atoms with Gasteiger partial charge in [-0.15, -0.1) is 0 Å². The highest BCUT2D eigenvalue weighted by molar-refractivity contribution is 7.78. The summed E-state index contributed by atoms with van der Waals surface area (Å²) in [5.41, 5.74) is 2.50. The maximum atomic E-state index is 12.7. The van der Waals surface area contributed by atoms with E-state index in [-0.39, 0.29) is 11.6 Å². The quantitative estimate of drug-likeness (QED) is 0.286. The summed E-state index contributed by atoms with van der Waals surface area (Å²) in [5.74, 6) is 0. The van der Waals surface area contributed by atoms with Crippen LogP contribution >= 0.6 is 7.26 Å². The Morgan fingerprint density at radius 2 is 1.61 bits per heavy atom. The Bertz CT molecular complexity index is 702. The van der Waals surface area contributed by atoms with Gasteiger partial charge in [0, 0.05) is 12.9 Å². The van der Waals surface area contributed by atoms with Crippen molar-refractivity contribution >= 4 is 31.7 Å². The van der Waals surface area contributed by atoms with Crippen LogP contribution in [-0.2, 0) is 17.4 Å². The van der Waals surface area contributed by atoms with E-state index in [1.807, 2.05) is 18.2 Å². The largest absolute Gasteiger partial charge is 0.760 e. The van der Waals surface area contributed by atoms with E-state index in [4.69, 9.17) is 17.4 Å². The van der Waals surface area contributed by atoms with Gasteiger partial charge in [-0.2, -0.15) is 5.26 Å². The summed E-state index contributed by atoms with van der Waals surface area (Å²) in [6.07, 6.45) is 0.0898. The molecule has 0 aliphatic rings. The number of hydrogen-bond donors (Lipinski definition) is 0. The molecular weight excluding hydrogens is 387 g/mol. The number of carbonyl (C=O) groups is 1. The second-order valence-corrected chi connectivity index (χ2v) is 13.5. The Labute approximate surface area is 176 Å². The molecule has 0 spiro atoms. The molecule has 0 unspecified atom stereocenters. The van der Waals surface area contributed by atoms with Gasteiger partial charge in [0.25, 0.3) is 0 Å². The van der Waals surface area contributed by atoms with Crippen LogP contribution in [-0.4, -0.2) is 35.8 Å². The van der Waals surface area contributed by atoms with Crippen molar-refractivity contribution in [1.82, 2.24) is 0 Å². The third kappa shape index (κ3) is 5.25. The fraction of sp³-hybridized carbons (Fsp3) is 0.545. The summed E-state index contributed by atoms with van der Waals surface area (Å²) in [5, 5.41) is 10.2. The van der Waals surface area contributed by atoms with Gasteiger partial charge < -0.3 is 17.4 Å². The van der Waals surface area contributed by atoms with Crippen LogP contribution in [0.4, 0.5) is 10.5 Å². The molecule has 0 aliphatic carbocycles. The van der Waals surface area contributed by atoms with Gasteiger partial charge in [-0.1, -0.05) is 23.2 Å². The molecule has 0 bridgehead atoms. The molecule has 0 saturated carbocycles. The Morgan fingerprint density at radius 3 is 2.00 bits per heavy atom. The maximum absolute atomic E-state index is 12.7. The first-order chi connectivity index (χ1) is 13.1. The topological polar surface area (TPSA) is 53.3 Å². The van der Waals surface area contributed by atoms with E-state index >= 15 is 0 Å². The first-order valence-electron chi connectivity index (χ1n) is 9.82. The number of anilines is 1. The summed E-state index contributed by atoms with van der Waals surface area (Å²) in [4.78, 5) is 14.0. The van der Waals surface area contributed by atoms with Crippen LogP contribution in [0, 0.1) is 11.3 Å². The number of benzene rings is 1. The van der Waals surface area contributed by atoms with Gasteiger partial charge in [0.2, 0.25) is 0 Å². The highest BCUT2D eigenvalue weighted by Gasteiger charge is 2.48. The van der Waals surface area contributed by atoms with Crippen molar-refractivity contribution in [3.05, 3.63) is 40.9 Å². The molecule has 1 amide bonds. The maximum Gasteiger partial charge on any atom is 0.417 e. The minimum absolute atomic E-state index is 0.244. The number of rotatable bonds is 8. The van der Waals surface area contributed by atoms with Crippen LogP contribution in [0.5, 0.6) is 0 Å². The lowest BCUT2D eigenvalue weighted by Gasteiger charge is -2.40. The van der Waals surface area contributed by atoms with E-state index in [1.54, 1.807) is 19.1 Å². The number of hydrogen-bond acceptors (Lipinski definition) is 4. The monoisotopic (exact) mass is 420 g/mol. The second kappa shape index (κ2) is 10.8. The van der Waals surface area contributed by atoms with Crippen molar-refractivity contribution in [2.75, 3.05) is 17.7 Å². The van der Waals surface area contributed by atoms with E-state index in [0.29, 0.717) is 34.4 Å². The lowest BCUT2D eigenvalue weighted by atomic mass is 10.3. The number of ether oxygens (including phenoxy) is 1. The number of nitrogens with zero attached hydrogens (tertiary/aromatic N) is 2. The van der Waals surface area contributed by atoms with Crippen LogP contribution < -0.4 is 4.90 Å². The zero-order chi connectivity index (χ0) is 21.5. The van der Waals surface area contributed by atoms with E-state index in [1.165, 1.54) is 4.90 Å². The van der Waals surface area contributed by atoms with Gasteiger partial charge in [0.05, 0.1) is 41.4 Å². The molecule has 0 saturated heterocycles. The number of amides is 1. The molecule has 154 valence electrons. The standard InChI is InChI=1S/C22H33N2O2PS/c1-8-26-22(25)24(20-12-10-9-11-13-20)21(28)19(14-23)15-27(16(2)3,17(4)5)18(6)7/h9-13,16-18H,8,15H2,1-7H3. The fourth-order valence-electron chi connectivity index (χ4n) is 3.97. The Hall–Kier alpha value is -1.63. The fourth-order valence-corrected chi connectivity index (χ4v) is 9.81. The Balaban J connectivity index is 3.54. The number of nitriles is 1. The smallest absolute Gasteiger partial charge is 0.417 e. The third-order valence-corrected chi connectivity index (χ3v) is 12.4. The van der Waals surface area contributed by atoms with Gasteiger partial charge in [-0.25, -0.2) is 4.79 Å². The van der Waals surface area contributed by atoms with Gasteiger partial charge in [0.1, 0.15) is 0 Å². The van der Waals surface area contributed by atoms with Crippen LogP contribution in [0.15, 0.2) is 40.9 Å². The Morgan fingerprint density at radius 1 is 1.11 bits per heavy atom. The highest BCUT2D eigenvalue weighted by atomic mass is 32.1. The zero-order valence-corrected chi connectivity index (χ0v) is 19.8. The highest BCUT2D eigenvalue weighted by Crippen LogP contribution is 2.71. The predicted molar refractivity (Wildman–Crippen MR) is 123 cm³/mol. The molecule has 0 N–H and O–H groups in total. The summed E-state index contributed by atoms with van der Waals surface area (Å²) in [7, 11) is -1.54. The van der Waals surface area contributed by atoms with E-state index in [9.17, 15) is 10.1 Å². The minimum Gasteiger partial charge on any atom is -0.760 e. The molecule has 0 atom stereocenters. The molecule has 6 heteroatoms. The summed E-state index contributed by atoms with van der Waals surface area (Å²) < 4.78 is 5.23. The average Bonchev–Trinajstić information content (AvgIpc) is 2.63. The normalized spacial score (nSPS) is 12.8. The molecule has 0 fully saturated rings. The second-order valence-electron chi connectivity index (χ2n) is 7.70. The molecular formula is C22H33N2O2PS. The van der Waals surface area contributed by atoms with Crippen molar-refractivity contribution < 1.29 is 9.53 Å². The summed E-state index contributed by atoms with van der Waals surface area (Å²) >= 11 is 5.68. The summed E-state index contributed by atoms with van der Waals surface area (Å²) in [6, 6.07) is 11.5. The minimum atomic E-state index is -1.54. The van der Waals surface area contributed by atoms with Crippen LogP contribution in [0.1, 0.15) is 48.5 Å². The third-order valence-electron chi connectivity index (χ3n) is 5.38. The van der Waals surface area contributed by atoms with E-state index < -0.39 is 13.4 Å². The molecule has 0 aromatic heterocycles. The van der Waals surface area contributed by atoms with Crippen molar-refractivity contribution in [3.8, 4) is 6.07 Å². The first kappa shape index (κ1) is 24.4. The van der Waals surface area contributed by atoms with Crippen LogP contribution in [0.25, 0.3) is 0 Å². The molecule has 0 heterocycles. The van der Waals surface area contributed by atoms with Gasteiger partial charge in [-0.3, -0.25) is 4.90 Å². The molecule has 1 aromatic rings. The van der Waals surface area contributed by atoms with Crippen LogP contribution in [0.3, 0.4) is 0 Å². The van der Waals surface area contributed by atoms with Gasteiger partial charge >= 0.3 is 6.09 Å². The Kier molecular flexibility index (Phi) is 9.40. The SMILES string of the molecule is CCOC(=O)N(C([S-])=C(C#N)C[P+](C(C)C)(C(C)C)C(C)C)c1ccccc1. The first-order valence-corrected chi connectivity index (χ1v) is 12.4. The number of para-hydroxylation sites is 1. The molecule has 4 nitrogen and oxygen atoms in total. The number of allylic oxidation sites excluding steroid dienone is 1. The number of carbonyl (C=O) groups excluding carboxylic acids is 1. The van der Waals surface area contributed by atoms with Crippen LogP contribution in [0.2, 0.25) is 0 Å².